The molecule has 0 heterocycles. The summed E-state index contributed by atoms with van der Waals surface area (Å²) in [5.74, 6) is -1.34. The fourth-order valence-corrected chi connectivity index (χ4v) is 3.83. The van der Waals surface area contributed by atoms with Crippen molar-refractivity contribution in [2.45, 2.75) is 63.7 Å². The van der Waals surface area contributed by atoms with Crippen LogP contribution in [-0.2, 0) is 4.79 Å². The lowest BCUT2D eigenvalue weighted by Gasteiger charge is -2.10. The van der Waals surface area contributed by atoms with Crippen LogP contribution in [0.5, 0.6) is 11.5 Å². The third-order valence-corrected chi connectivity index (χ3v) is 5.38. The van der Waals surface area contributed by atoms with Crippen molar-refractivity contribution in [2.75, 3.05) is 0 Å². The molecular weight excluding hydrogens is 362 g/mol. The third-order valence-electron chi connectivity index (χ3n) is 5.38. The molecule has 2 aliphatic rings. The van der Waals surface area contributed by atoms with Crippen LogP contribution in [0.15, 0.2) is 48.5 Å². The molecule has 2 aromatic carbocycles. The van der Waals surface area contributed by atoms with Crippen LogP contribution < -0.4 is 0 Å². The van der Waals surface area contributed by atoms with Crippen LogP contribution in [-0.4, -0.2) is 21.9 Å². The van der Waals surface area contributed by atoms with Gasteiger partial charge in [0.15, 0.2) is 0 Å². The number of aromatic hydroxyl groups is 2. The fraction of sp³-hybridized carbons (Fsp3) is 0.435. The van der Waals surface area contributed by atoms with E-state index in [1.54, 1.807) is 36.4 Å². The van der Waals surface area contributed by atoms with Crippen molar-refractivity contribution >= 4 is 5.78 Å². The lowest BCUT2D eigenvalue weighted by molar-refractivity contribution is -0.117. The number of ketones is 1. The molecule has 2 aliphatic carbocycles. The van der Waals surface area contributed by atoms with Crippen LogP contribution >= 0.6 is 0 Å². The Kier molecular flexibility index (Phi) is 7.17. The van der Waals surface area contributed by atoms with Gasteiger partial charge in [0.1, 0.15) is 17.3 Å². The first-order valence-electron chi connectivity index (χ1n) is 9.30. The zero-order chi connectivity index (χ0) is 19.4. The van der Waals surface area contributed by atoms with Crippen molar-refractivity contribution in [3.63, 3.8) is 0 Å². The molecule has 0 aromatic heterocycles. The van der Waals surface area contributed by atoms with Gasteiger partial charge in [0.25, 0.3) is 0 Å². The smallest absolute Gasteiger partial charge is 0.248 e. The Balaban J connectivity index is 0.000000194. The van der Waals surface area contributed by atoms with Crippen LogP contribution in [0.2, 0.25) is 0 Å². The molecule has 0 saturated heterocycles. The van der Waals surface area contributed by atoms with E-state index in [1.807, 2.05) is 12.1 Å². The number of benzene rings is 2. The van der Waals surface area contributed by atoms with E-state index in [0.29, 0.717) is 31.0 Å². The van der Waals surface area contributed by atoms with Crippen molar-refractivity contribution in [1.29, 1.82) is 0 Å². The summed E-state index contributed by atoms with van der Waals surface area (Å²) >= 11 is 0. The predicted octanol–water partition coefficient (Wildman–Crippen LogP) is 6.16. The molecule has 4 rings (SSSR count). The minimum Gasteiger partial charge on any atom is -0.508 e. The van der Waals surface area contributed by atoms with E-state index >= 15 is 0 Å². The van der Waals surface area contributed by atoms with Gasteiger partial charge in [0.05, 0.1) is 0 Å². The SMILES string of the molecule is C.O=C1CCC(c2ccc(O)cc2)C1.Oc1ccc(C2CCC(F)(F)C2)cc1. The number of phenolic OH excluding ortho intramolecular Hbond substituents is 2. The number of rotatable bonds is 2. The number of Topliss-reactive ketones (excluding diaryl/α,β-unsaturated/α-hetero) is 1. The highest BCUT2D eigenvalue weighted by Gasteiger charge is 2.39. The zero-order valence-electron chi connectivity index (χ0n) is 15.1. The number of carbonyl (C=O) groups is 1. The minimum atomic E-state index is -2.50. The quantitative estimate of drug-likeness (QED) is 0.646. The monoisotopic (exact) mass is 390 g/mol. The molecule has 2 unspecified atom stereocenters. The van der Waals surface area contributed by atoms with Crippen molar-refractivity contribution in [3.8, 4) is 11.5 Å². The van der Waals surface area contributed by atoms with E-state index in [-0.39, 0.29) is 37.7 Å². The highest BCUT2D eigenvalue weighted by atomic mass is 19.3. The Labute approximate surface area is 165 Å². The van der Waals surface area contributed by atoms with Crippen LogP contribution in [0.1, 0.15) is 68.9 Å². The average Bonchev–Trinajstić information content (AvgIpc) is 3.22. The van der Waals surface area contributed by atoms with Gasteiger partial charge >= 0.3 is 0 Å². The van der Waals surface area contributed by atoms with Crippen molar-refractivity contribution in [1.82, 2.24) is 0 Å². The second-order valence-corrected chi connectivity index (χ2v) is 7.46. The molecule has 28 heavy (non-hydrogen) atoms. The van der Waals surface area contributed by atoms with Gasteiger partial charge in [-0.15, -0.1) is 0 Å². The van der Waals surface area contributed by atoms with E-state index in [9.17, 15) is 13.6 Å². The van der Waals surface area contributed by atoms with Gasteiger partial charge in [-0.3, -0.25) is 4.79 Å². The van der Waals surface area contributed by atoms with Gasteiger partial charge in [-0.25, -0.2) is 8.78 Å². The minimum absolute atomic E-state index is 0. The Hall–Kier alpha value is -2.43. The molecule has 2 aromatic rings. The highest BCUT2D eigenvalue weighted by Crippen LogP contribution is 2.44. The molecular formula is C23H28F2O3. The largest absolute Gasteiger partial charge is 0.508 e. The Morgan fingerprint density at radius 1 is 0.821 bits per heavy atom. The Bertz CT molecular complexity index is 769. The average molecular weight is 390 g/mol. The second-order valence-electron chi connectivity index (χ2n) is 7.46. The summed E-state index contributed by atoms with van der Waals surface area (Å²) in [6.07, 6.45) is 2.81. The maximum absolute atomic E-state index is 12.9. The number of hydrogen-bond donors (Lipinski definition) is 2. The molecule has 2 atom stereocenters. The predicted molar refractivity (Wildman–Crippen MR) is 106 cm³/mol. The lowest BCUT2D eigenvalue weighted by atomic mass is 9.97. The van der Waals surface area contributed by atoms with Crippen molar-refractivity contribution in [2.24, 2.45) is 0 Å². The molecule has 0 radical (unpaired) electrons. The number of alkyl halides is 2. The number of carbonyl (C=O) groups excluding carboxylic acids is 1. The molecule has 3 nitrogen and oxygen atoms in total. The van der Waals surface area contributed by atoms with Crippen LogP contribution in [0.3, 0.4) is 0 Å². The summed E-state index contributed by atoms with van der Waals surface area (Å²) in [4.78, 5) is 11.0. The molecule has 2 N–H and O–H groups in total. The Morgan fingerprint density at radius 2 is 1.32 bits per heavy atom. The summed E-state index contributed by atoms with van der Waals surface area (Å²) in [7, 11) is 0. The van der Waals surface area contributed by atoms with E-state index in [2.05, 4.69) is 0 Å². The molecule has 152 valence electrons. The van der Waals surface area contributed by atoms with Gasteiger partial charge in [-0.1, -0.05) is 31.7 Å². The fourth-order valence-electron chi connectivity index (χ4n) is 3.83. The van der Waals surface area contributed by atoms with Gasteiger partial charge in [-0.2, -0.15) is 0 Å². The van der Waals surface area contributed by atoms with Crippen LogP contribution in [0, 0.1) is 0 Å². The molecule has 0 spiro atoms. The molecule has 5 heteroatoms. The second kappa shape index (κ2) is 9.18. The molecule has 0 bridgehead atoms. The maximum Gasteiger partial charge on any atom is 0.248 e. The summed E-state index contributed by atoms with van der Waals surface area (Å²) in [5.41, 5.74) is 2.07. The Morgan fingerprint density at radius 3 is 1.71 bits per heavy atom. The first kappa shape index (κ1) is 21.9. The van der Waals surface area contributed by atoms with E-state index in [0.717, 1.165) is 12.0 Å². The van der Waals surface area contributed by atoms with Gasteiger partial charge in [0.2, 0.25) is 5.92 Å². The van der Waals surface area contributed by atoms with E-state index in [4.69, 9.17) is 10.2 Å². The maximum atomic E-state index is 12.9. The lowest BCUT2D eigenvalue weighted by Crippen LogP contribution is -2.08. The third kappa shape index (κ3) is 5.78. The van der Waals surface area contributed by atoms with E-state index in [1.165, 1.54) is 5.56 Å². The standard InChI is InChI=1S/C11H12F2O.C11H12O2.CH4/c12-11(13)6-5-9(7-11)8-1-3-10(14)4-2-8;12-10-4-1-8(2-5-10)9-3-6-11(13)7-9;/h1-4,9,14H,5-7H2;1-2,4-5,9,12H,3,6-7H2;1H4. The summed E-state index contributed by atoms with van der Waals surface area (Å²) in [6, 6.07) is 13.7. The summed E-state index contributed by atoms with van der Waals surface area (Å²) in [6.45, 7) is 0. The van der Waals surface area contributed by atoms with Crippen LogP contribution in [0.25, 0.3) is 0 Å². The van der Waals surface area contributed by atoms with E-state index < -0.39 is 5.92 Å². The highest BCUT2D eigenvalue weighted by molar-refractivity contribution is 5.81. The van der Waals surface area contributed by atoms with Gasteiger partial charge in [-0.05, 0) is 60.1 Å². The van der Waals surface area contributed by atoms with Gasteiger partial charge < -0.3 is 10.2 Å². The number of halogens is 2. The van der Waals surface area contributed by atoms with Crippen LogP contribution in [0.4, 0.5) is 8.78 Å². The molecule has 2 saturated carbocycles. The molecule has 2 fully saturated rings. The number of phenols is 2. The topological polar surface area (TPSA) is 57.5 Å². The molecule has 0 aliphatic heterocycles. The zero-order valence-corrected chi connectivity index (χ0v) is 15.1. The molecule has 0 amide bonds. The van der Waals surface area contributed by atoms with Crippen molar-refractivity contribution in [3.05, 3.63) is 59.7 Å². The number of hydrogen-bond acceptors (Lipinski definition) is 3. The summed E-state index contributed by atoms with van der Waals surface area (Å²) in [5, 5.41) is 18.1. The first-order valence-corrected chi connectivity index (χ1v) is 9.30. The normalized spacial score (nSPS) is 22.9. The first-order chi connectivity index (χ1) is 12.8. The van der Waals surface area contributed by atoms with Crippen molar-refractivity contribution < 1.29 is 23.8 Å². The van der Waals surface area contributed by atoms with Gasteiger partial charge in [0, 0.05) is 25.7 Å². The summed E-state index contributed by atoms with van der Waals surface area (Å²) < 4.78 is 25.8.